The lowest BCUT2D eigenvalue weighted by Gasteiger charge is -2.16. The molecule has 0 radical (unpaired) electrons. The lowest BCUT2D eigenvalue weighted by molar-refractivity contribution is 0.496. The monoisotopic (exact) mass is 245 g/mol. The molecule has 1 aromatic rings. The maximum Gasteiger partial charge on any atom is 0.00682 e. The highest BCUT2D eigenvalue weighted by atomic mass is 14.9. The molecule has 0 saturated heterocycles. The molecule has 1 aliphatic carbocycles. The molecule has 1 atom stereocenters. The Hall–Kier alpha value is -0.820. The Morgan fingerprint density at radius 2 is 1.78 bits per heavy atom. The fourth-order valence-electron chi connectivity index (χ4n) is 2.80. The maximum absolute atomic E-state index is 3.61. The van der Waals surface area contributed by atoms with E-state index >= 15 is 0 Å². The average Bonchev–Trinajstić information content (AvgIpc) is 3.07. The van der Waals surface area contributed by atoms with E-state index in [9.17, 15) is 0 Å². The number of hydrogen-bond acceptors (Lipinski definition) is 1. The van der Waals surface area contributed by atoms with E-state index in [-0.39, 0.29) is 0 Å². The highest BCUT2D eigenvalue weighted by Gasteiger charge is 2.20. The Morgan fingerprint density at radius 1 is 1.17 bits per heavy atom. The van der Waals surface area contributed by atoms with Gasteiger partial charge >= 0.3 is 0 Å². The molecule has 1 N–H and O–H groups in total. The Bertz CT molecular complexity index is 381. The lowest BCUT2D eigenvalue weighted by Crippen LogP contribution is -2.20. The summed E-state index contributed by atoms with van der Waals surface area (Å²) < 4.78 is 0. The highest BCUT2D eigenvalue weighted by Crippen LogP contribution is 2.22. The van der Waals surface area contributed by atoms with Gasteiger partial charge in [0.05, 0.1) is 0 Å². The number of hydrogen-bond donors (Lipinski definition) is 1. The first-order valence-electron chi connectivity index (χ1n) is 7.36. The molecule has 1 aliphatic rings. The third-order valence-corrected chi connectivity index (χ3v) is 4.04. The molecule has 0 amide bonds. The van der Waals surface area contributed by atoms with Crippen LogP contribution >= 0.6 is 0 Å². The topological polar surface area (TPSA) is 12.0 Å². The summed E-state index contributed by atoms with van der Waals surface area (Å²) in [6.45, 7) is 10.3. The average molecular weight is 245 g/mol. The van der Waals surface area contributed by atoms with Crippen LogP contribution in [0.4, 0.5) is 0 Å². The van der Waals surface area contributed by atoms with Crippen LogP contribution in [0.15, 0.2) is 12.1 Å². The molecule has 0 heterocycles. The Balaban J connectivity index is 1.87. The third kappa shape index (κ3) is 3.84. The summed E-state index contributed by atoms with van der Waals surface area (Å²) >= 11 is 0. The molecule has 2 rings (SSSR count). The van der Waals surface area contributed by atoms with Gasteiger partial charge in [-0.1, -0.05) is 24.6 Å². The number of aryl methyl sites for hydroxylation is 3. The van der Waals surface area contributed by atoms with Crippen molar-refractivity contribution in [2.24, 2.45) is 5.92 Å². The Kier molecular flexibility index (Phi) is 4.45. The van der Waals surface area contributed by atoms with Crippen LogP contribution in [0.3, 0.4) is 0 Å². The molecule has 100 valence electrons. The Labute approximate surface area is 112 Å². The molecule has 1 nitrogen and oxygen atoms in total. The van der Waals surface area contributed by atoms with Crippen molar-refractivity contribution in [1.82, 2.24) is 5.32 Å². The zero-order valence-corrected chi connectivity index (χ0v) is 12.3. The van der Waals surface area contributed by atoms with Crippen molar-refractivity contribution in [3.63, 3.8) is 0 Å². The second-order valence-corrected chi connectivity index (χ2v) is 6.20. The van der Waals surface area contributed by atoms with E-state index in [1.165, 1.54) is 48.9 Å². The Morgan fingerprint density at radius 3 is 2.33 bits per heavy atom. The first-order chi connectivity index (χ1) is 8.56. The predicted molar refractivity (Wildman–Crippen MR) is 79.2 cm³/mol. The fraction of sp³-hybridized carbons (Fsp3) is 0.647. The highest BCUT2D eigenvalue weighted by molar-refractivity contribution is 5.37. The molecule has 1 aromatic carbocycles. The summed E-state index contributed by atoms with van der Waals surface area (Å²) in [6.07, 6.45) is 5.31. The van der Waals surface area contributed by atoms with Crippen LogP contribution in [-0.4, -0.2) is 12.6 Å². The van der Waals surface area contributed by atoms with E-state index < -0.39 is 0 Å². The van der Waals surface area contributed by atoms with Gasteiger partial charge in [0, 0.05) is 6.04 Å². The van der Waals surface area contributed by atoms with E-state index in [2.05, 4.69) is 45.1 Å². The number of rotatable bonds is 6. The van der Waals surface area contributed by atoms with Crippen LogP contribution in [0.25, 0.3) is 0 Å². The normalized spacial score (nSPS) is 16.9. The van der Waals surface area contributed by atoms with Crippen molar-refractivity contribution >= 4 is 0 Å². The van der Waals surface area contributed by atoms with Gasteiger partial charge in [-0.05, 0) is 75.6 Å². The zero-order valence-electron chi connectivity index (χ0n) is 12.3. The van der Waals surface area contributed by atoms with Gasteiger partial charge < -0.3 is 5.32 Å². The molecule has 1 fully saturated rings. The molecule has 0 spiro atoms. The van der Waals surface area contributed by atoms with Gasteiger partial charge in [0.1, 0.15) is 0 Å². The van der Waals surface area contributed by atoms with Crippen LogP contribution in [-0.2, 0) is 6.42 Å². The first kappa shape index (κ1) is 13.6. The molecule has 0 aromatic heterocycles. The van der Waals surface area contributed by atoms with Crippen molar-refractivity contribution in [2.45, 2.75) is 59.4 Å². The minimum atomic E-state index is 0.774. The van der Waals surface area contributed by atoms with E-state index in [1.807, 2.05) is 0 Å². The molecular weight excluding hydrogens is 218 g/mol. The van der Waals surface area contributed by atoms with Crippen molar-refractivity contribution in [2.75, 3.05) is 6.54 Å². The summed E-state index contributed by atoms with van der Waals surface area (Å²) in [5.74, 6) is 0.774. The van der Waals surface area contributed by atoms with Gasteiger partial charge in [-0.15, -0.1) is 0 Å². The van der Waals surface area contributed by atoms with Gasteiger partial charge in [0.15, 0.2) is 0 Å². The minimum Gasteiger partial charge on any atom is -0.314 e. The SMILES string of the molecule is Cc1cc(C)c(CC(C)CCNC2CC2)c(C)c1. The second-order valence-electron chi connectivity index (χ2n) is 6.20. The molecule has 18 heavy (non-hydrogen) atoms. The van der Waals surface area contributed by atoms with Crippen LogP contribution in [0, 0.1) is 26.7 Å². The molecule has 1 unspecified atom stereocenters. The van der Waals surface area contributed by atoms with Crippen LogP contribution in [0.1, 0.15) is 48.4 Å². The molecule has 1 heteroatoms. The predicted octanol–water partition coefficient (Wildman–Crippen LogP) is 3.93. The van der Waals surface area contributed by atoms with Crippen LogP contribution in [0.2, 0.25) is 0 Å². The molecule has 1 saturated carbocycles. The van der Waals surface area contributed by atoms with Crippen molar-refractivity contribution in [1.29, 1.82) is 0 Å². The molecular formula is C17H27N. The van der Waals surface area contributed by atoms with Gasteiger partial charge in [-0.2, -0.15) is 0 Å². The number of benzene rings is 1. The van der Waals surface area contributed by atoms with E-state index in [4.69, 9.17) is 0 Å². The second kappa shape index (κ2) is 5.88. The molecule has 0 bridgehead atoms. The summed E-state index contributed by atoms with van der Waals surface area (Å²) in [5.41, 5.74) is 5.89. The first-order valence-corrected chi connectivity index (χ1v) is 7.36. The number of nitrogens with one attached hydrogen (secondary N) is 1. The van der Waals surface area contributed by atoms with Crippen molar-refractivity contribution < 1.29 is 0 Å². The molecule has 0 aliphatic heterocycles. The fourth-order valence-corrected chi connectivity index (χ4v) is 2.80. The van der Waals surface area contributed by atoms with E-state index in [0.717, 1.165) is 12.0 Å². The quantitative estimate of drug-likeness (QED) is 0.800. The maximum atomic E-state index is 3.61. The minimum absolute atomic E-state index is 0.774. The summed E-state index contributed by atoms with van der Waals surface area (Å²) in [6, 6.07) is 5.48. The van der Waals surface area contributed by atoms with Gasteiger partial charge in [0.2, 0.25) is 0 Å². The van der Waals surface area contributed by atoms with Crippen LogP contribution in [0.5, 0.6) is 0 Å². The smallest absolute Gasteiger partial charge is 0.00682 e. The standard InChI is InChI=1S/C17H27N/c1-12(7-8-18-16-5-6-16)11-17-14(3)9-13(2)10-15(17)4/h9-10,12,16,18H,5-8,11H2,1-4H3. The van der Waals surface area contributed by atoms with Gasteiger partial charge in [0.25, 0.3) is 0 Å². The van der Waals surface area contributed by atoms with Gasteiger partial charge in [-0.25, -0.2) is 0 Å². The summed E-state index contributed by atoms with van der Waals surface area (Å²) in [4.78, 5) is 0. The lowest BCUT2D eigenvalue weighted by atomic mass is 9.91. The van der Waals surface area contributed by atoms with E-state index in [1.54, 1.807) is 5.56 Å². The zero-order chi connectivity index (χ0) is 13.1. The van der Waals surface area contributed by atoms with Crippen LogP contribution < -0.4 is 5.32 Å². The third-order valence-electron chi connectivity index (χ3n) is 4.04. The van der Waals surface area contributed by atoms with Gasteiger partial charge in [-0.3, -0.25) is 0 Å². The summed E-state index contributed by atoms with van der Waals surface area (Å²) in [7, 11) is 0. The summed E-state index contributed by atoms with van der Waals surface area (Å²) in [5, 5.41) is 3.61. The largest absolute Gasteiger partial charge is 0.314 e. The van der Waals surface area contributed by atoms with Crippen molar-refractivity contribution in [3.8, 4) is 0 Å². The van der Waals surface area contributed by atoms with Crippen molar-refractivity contribution in [3.05, 3.63) is 34.4 Å². The van der Waals surface area contributed by atoms with E-state index in [0.29, 0.717) is 0 Å².